The van der Waals surface area contributed by atoms with Gasteiger partial charge in [0.1, 0.15) is 11.8 Å². The summed E-state index contributed by atoms with van der Waals surface area (Å²) in [4.78, 5) is 10.2. The maximum Gasteiger partial charge on any atom is 0.328 e. The Morgan fingerprint density at radius 3 is 2.71 bits per heavy atom. The molecule has 17 heavy (non-hydrogen) atoms. The first-order valence-electron chi connectivity index (χ1n) is 5.05. The first kappa shape index (κ1) is 11.5. The van der Waals surface area contributed by atoms with Crippen molar-refractivity contribution in [3.05, 3.63) is 21.5 Å². The van der Waals surface area contributed by atoms with E-state index in [1.165, 1.54) is 0 Å². The molecule has 0 bridgehead atoms. The van der Waals surface area contributed by atoms with Crippen LogP contribution in [-0.2, 0) is 0 Å². The van der Waals surface area contributed by atoms with E-state index in [1.54, 1.807) is 6.07 Å². The van der Waals surface area contributed by atoms with Gasteiger partial charge in [0.2, 0.25) is 5.69 Å². The summed E-state index contributed by atoms with van der Waals surface area (Å²) in [6.45, 7) is 0. The van der Waals surface area contributed by atoms with Crippen molar-refractivity contribution in [2.24, 2.45) is 0 Å². The Kier molecular flexibility index (Phi) is 2.79. The highest BCUT2D eigenvalue weighted by atomic mass is 16.6. The molecule has 1 saturated carbocycles. The molecule has 0 saturated heterocycles. The number of aromatic amines is 1. The van der Waals surface area contributed by atoms with Gasteiger partial charge in [0, 0.05) is 5.92 Å². The normalized spacial score (nSPS) is 27.9. The molecule has 0 unspecified atom stereocenters. The average molecular weight is 238 g/mol. The maximum absolute atomic E-state index is 10.9. The first-order valence-corrected chi connectivity index (χ1v) is 5.05. The third kappa shape index (κ3) is 1.75. The summed E-state index contributed by atoms with van der Waals surface area (Å²) in [7, 11) is 0. The lowest BCUT2D eigenvalue weighted by molar-refractivity contribution is -0.386. The van der Waals surface area contributed by atoms with Crippen molar-refractivity contribution in [3.63, 3.8) is 0 Å². The predicted octanol–water partition coefficient (Wildman–Crippen LogP) is -0.211. The van der Waals surface area contributed by atoms with Crippen LogP contribution >= 0.6 is 0 Å². The summed E-state index contributed by atoms with van der Waals surface area (Å²) in [6.07, 6.45) is -1.19. The Hall–Kier alpha value is -1.98. The molecule has 8 nitrogen and oxygen atoms in total. The van der Waals surface area contributed by atoms with Crippen LogP contribution in [0.2, 0.25) is 0 Å². The fourth-order valence-corrected chi connectivity index (χ4v) is 2.15. The van der Waals surface area contributed by atoms with Gasteiger partial charge in [-0.25, -0.2) is 0 Å². The van der Waals surface area contributed by atoms with Crippen molar-refractivity contribution in [2.75, 3.05) is 0 Å². The smallest absolute Gasteiger partial charge is 0.328 e. The van der Waals surface area contributed by atoms with E-state index in [2.05, 4.69) is 10.2 Å². The molecule has 2 rings (SSSR count). The number of hydrogen-bond acceptors (Lipinski definition) is 6. The summed E-state index contributed by atoms with van der Waals surface area (Å²) in [5, 5.41) is 44.6. The van der Waals surface area contributed by atoms with E-state index >= 15 is 0 Å². The van der Waals surface area contributed by atoms with Crippen molar-refractivity contribution in [1.82, 2.24) is 10.2 Å². The van der Waals surface area contributed by atoms with Crippen LogP contribution in [0.5, 0.6) is 0 Å². The molecule has 0 spiro atoms. The Bertz CT molecular complexity index is 492. The number of nitro groups is 1. The third-order valence-corrected chi connectivity index (χ3v) is 3.01. The molecule has 1 aliphatic carbocycles. The molecule has 0 radical (unpaired) electrons. The van der Waals surface area contributed by atoms with Crippen molar-refractivity contribution >= 4 is 5.69 Å². The zero-order valence-corrected chi connectivity index (χ0v) is 8.70. The number of H-pyrrole nitrogens is 1. The van der Waals surface area contributed by atoms with Crippen molar-refractivity contribution in [2.45, 2.75) is 31.0 Å². The number of aliphatic hydroxyl groups excluding tert-OH is 2. The third-order valence-electron chi connectivity index (χ3n) is 3.01. The summed E-state index contributed by atoms with van der Waals surface area (Å²) in [5.41, 5.74) is -0.611. The van der Waals surface area contributed by atoms with E-state index in [-0.39, 0.29) is 11.4 Å². The van der Waals surface area contributed by atoms with E-state index in [0.29, 0.717) is 12.8 Å². The van der Waals surface area contributed by atoms with Crippen molar-refractivity contribution in [3.8, 4) is 6.07 Å². The standard InChI is InChI=1S/C9H10N4O4/c10-3-5-8(13(16)17)7(12-11-5)4-1-2-6(14)9(4)15/h4,6,9,14-15H,1-2H2,(H,11,12)/t4-,6+,9-/m1/s1. The van der Waals surface area contributed by atoms with Gasteiger partial charge in [-0.3, -0.25) is 15.2 Å². The lowest BCUT2D eigenvalue weighted by atomic mass is 10.00. The molecular weight excluding hydrogens is 228 g/mol. The number of aromatic nitrogens is 2. The number of rotatable bonds is 2. The molecule has 1 fully saturated rings. The molecule has 0 aromatic carbocycles. The highest BCUT2D eigenvalue weighted by molar-refractivity contribution is 5.49. The van der Waals surface area contributed by atoms with Crippen LogP contribution < -0.4 is 0 Å². The van der Waals surface area contributed by atoms with Gasteiger partial charge < -0.3 is 10.2 Å². The van der Waals surface area contributed by atoms with Crippen LogP contribution in [0.4, 0.5) is 5.69 Å². The van der Waals surface area contributed by atoms with E-state index in [4.69, 9.17) is 5.26 Å². The second kappa shape index (κ2) is 4.12. The minimum atomic E-state index is -1.07. The molecule has 0 aliphatic heterocycles. The first-order chi connectivity index (χ1) is 8.06. The molecule has 3 N–H and O–H groups in total. The van der Waals surface area contributed by atoms with Crippen LogP contribution in [0.1, 0.15) is 30.1 Å². The molecular formula is C9H10N4O4. The van der Waals surface area contributed by atoms with Crippen LogP contribution in [-0.4, -0.2) is 37.5 Å². The molecule has 1 heterocycles. The van der Waals surface area contributed by atoms with Crippen LogP contribution in [0.25, 0.3) is 0 Å². The fraction of sp³-hybridized carbons (Fsp3) is 0.556. The van der Waals surface area contributed by atoms with Gasteiger partial charge in [-0.2, -0.15) is 10.4 Å². The number of nitrogens with one attached hydrogen (secondary N) is 1. The SMILES string of the molecule is N#Cc1n[nH]c([C@H]2CC[C@H](O)[C@@H]2O)c1[N+](=O)[O-]. The Balaban J connectivity index is 2.43. The zero-order chi connectivity index (χ0) is 12.6. The number of aliphatic hydroxyl groups is 2. The van der Waals surface area contributed by atoms with Gasteiger partial charge in [-0.1, -0.05) is 0 Å². The van der Waals surface area contributed by atoms with Gasteiger partial charge in [-0.05, 0) is 12.8 Å². The molecule has 90 valence electrons. The summed E-state index contributed by atoms with van der Waals surface area (Å²) in [6, 6.07) is 1.62. The average Bonchev–Trinajstić information content (AvgIpc) is 2.84. The van der Waals surface area contributed by atoms with E-state index < -0.39 is 28.7 Å². The second-order valence-corrected chi connectivity index (χ2v) is 3.95. The van der Waals surface area contributed by atoms with E-state index in [9.17, 15) is 20.3 Å². The molecule has 1 aromatic rings. The van der Waals surface area contributed by atoms with Gasteiger partial charge in [0.25, 0.3) is 0 Å². The number of nitrogens with zero attached hydrogens (tertiary/aromatic N) is 3. The highest BCUT2D eigenvalue weighted by Gasteiger charge is 2.40. The van der Waals surface area contributed by atoms with Crippen LogP contribution in [0, 0.1) is 21.4 Å². The predicted molar refractivity (Wildman–Crippen MR) is 53.9 cm³/mol. The molecule has 1 aliphatic rings. The lowest BCUT2D eigenvalue weighted by Gasteiger charge is -2.13. The molecule has 0 amide bonds. The van der Waals surface area contributed by atoms with E-state index in [1.807, 2.05) is 0 Å². The van der Waals surface area contributed by atoms with Gasteiger partial charge in [-0.15, -0.1) is 0 Å². The molecule has 3 atom stereocenters. The minimum Gasteiger partial charge on any atom is -0.390 e. The van der Waals surface area contributed by atoms with Gasteiger partial charge in [0.05, 0.1) is 17.1 Å². The Labute approximate surface area is 95.6 Å². The zero-order valence-electron chi connectivity index (χ0n) is 8.70. The minimum absolute atomic E-state index is 0.107. The van der Waals surface area contributed by atoms with Crippen LogP contribution in [0.3, 0.4) is 0 Å². The quantitative estimate of drug-likeness (QED) is 0.481. The van der Waals surface area contributed by atoms with Crippen LogP contribution in [0.15, 0.2) is 0 Å². The summed E-state index contributed by atoms with van der Waals surface area (Å²) < 4.78 is 0. The summed E-state index contributed by atoms with van der Waals surface area (Å²) in [5.74, 6) is -0.583. The molecule has 1 aromatic heterocycles. The highest BCUT2D eigenvalue weighted by Crippen LogP contribution is 2.38. The second-order valence-electron chi connectivity index (χ2n) is 3.95. The monoisotopic (exact) mass is 238 g/mol. The Morgan fingerprint density at radius 2 is 2.24 bits per heavy atom. The number of hydrogen-bond donors (Lipinski definition) is 3. The maximum atomic E-state index is 10.9. The largest absolute Gasteiger partial charge is 0.390 e. The number of nitriles is 1. The van der Waals surface area contributed by atoms with E-state index in [0.717, 1.165) is 0 Å². The fourth-order valence-electron chi connectivity index (χ4n) is 2.15. The summed E-state index contributed by atoms with van der Waals surface area (Å²) >= 11 is 0. The van der Waals surface area contributed by atoms with Gasteiger partial charge >= 0.3 is 5.69 Å². The lowest BCUT2D eigenvalue weighted by Crippen LogP contribution is -2.24. The molecule has 8 heteroatoms. The van der Waals surface area contributed by atoms with Gasteiger partial charge in [0.15, 0.2) is 0 Å². The Morgan fingerprint density at radius 1 is 1.53 bits per heavy atom. The van der Waals surface area contributed by atoms with Crippen molar-refractivity contribution < 1.29 is 15.1 Å². The van der Waals surface area contributed by atoms with Crippen molar-refractivity contribution in [1.29, 1.82) is 5.26 Å². The topological polar surface area (TPSA) is 136 Å².